The van der Waals surface area contributed by atoms with Gasteiger partial charge in [0.2, 0.25) is 0 Å². The van der Waals surface area contributed by atoms with E-state index in [9.17, 15) is 0 Å². The topological polar surface area (TPSA) is 39.2 Å². The van der Waals surface area contributed by atoms with Crippen LogP contribution in [0.3, 0.4) is 0 Å². The normalized spacial score (nSPS) is 9.89. The molecule has 0 aliphatic carbocycles. The van der Waals surface area contributed by atoms with Crippen molar-refractivity contribution in [3.05, 3.63) is 53.5 Å². The van der Waals surface area contributed by atoms with Crippen LogP contribution in [0, 0.1) is 18.8 Å². The second-order valence-electron chi connectivity index (χ2n) is 3.79. The van der Waals surface area contributed by atoms with E-state index in [1.807, 2.05) is 31.2 Å². The lowest BCUT2D eigenvalue weighted by molar-refractivity contribution is 0.527. The van der Waals surface area contributed by atoms with E-state index in [0.717, 1.165) is 17.1 Å². The zero-order valence-corrected chi connectivity index (χ0v) is 11.1. The lowest BCUT2D eigenvalue weighted by atomic mass is 10.1. The Morgan fingerprint density at radius 2 is 2.11 bits per heavy atom. The monoisotopic (exact) mass is 257 g/mol. The van der Waals surface area contributed by atoms with Crippen molar-refractivity contribution in [1.82, 2.24) is 0 Å². The van der Waals surface area contributed by atoms with Gasteiger partial charge in [-0.05, 0) is 24.6 Å². The van der Waals surface area contributed by atoms with E-state index in [-0.39, 0.29) is 0 Å². The molecule has 0 aliphatic rings. The molecule has 2 nitrogen and oxygen atoms in total. The van der Waals surface area contributed by atoms with Crippen molar-refractivity contribution < 1.29 is 4.42 Å². The highest BCUT2D eigenvalue weighted by Crippen LogP contribution is 2.27. The maximum Gasteiger partial charge on any atom is 0.114 e. The van der Waals surface area contributed by atoms with Crippen molar-refractivity contribution in [1.29, 1.82) is 0 Å². The first kappa shape index (κ1) is 12.8. The average Bonchev–Trinajstić information content (AvgIpc) is 2.80. The summed E-state index contributed by atoms with van der Waals surface area (Å²) in [5, 5.41) is 0. The third kappa shape index (κ3) is 3.19. The highest BCUT2D eigenvalue weighted by molar-refractivity contribution is 7.98. The van der Waals surface area contributed by atoms with E-state index >= 15 is 0 Å². The fraction of sp³-hybridized carbons (Fsp3) is 0.200. The lowest BCUT2D eigenvalue weighted by Crippen LogP contribution is -1.94. The predicted molar refractivity (Wildman–Crippen MR) is 75.4 cm³/mol. The number of furan rings is 1. The summed E-state index contributed by atoms with van der Waals surface area (Å²) in [6.45, 7) is 2.37. The summed E-state index contributed by atoms with van der Waals surface area (Å²) in [7, 11) is 0. The van der Waals surface area contributed by atoms with Gasteiger partial charge >= 0.3 is 0 Å². The molecule has 0 unspecified atom stereocenters. The molecule has 0 bridgehead atoms. The van der Waals surface area contributed by atoms with Crippen LogP contribution in [0.5, 0.6) is 0 Å². The molecule has 92 valence electrons. The highest BCUT2D eigenvalue weighted by Gasteiger charge is 2.04. The van der Waals surface area contributed by atoms with E-state index < -0.39 is 0 Å². The van der Waals surface area contributed by atoms with Gasteiger partial charge in [-0.2, -0.15) is 0 Å². The largest absolute Gasteiger partial charge is 0.468 e. The van der Waals surface area contributed by atoms with Gasteiger partial charge in [0.25, 0.3) is 0 Å². The van der Waals surface area contributed by atoms with E-state index in [4.69, 9.17) is 10.2 Å². The maximum absolute atomic E-state index is 5.41. The van der Waals surface area contributed by atoms with Crippen LogP contribution in [0.15, 0.2) is 45.9 Å². The van der Waals surface area contributed by atoms with Crippen LogP contribution in [0.2, 0.25) is 0 Å². The summed E-state index contributed by atoms with van der Waals surface area (Å²) in [6, 6.07) is 10.2. The van der Waals surface area contributed by atoms with Gasteiger partial charge < -0.3 is 10.2 Å². The Hall–Kier alpha value is -1.63. The molecule has 18 heavy (non-hydrogen) atoms. The molecular formula is C15H15NOS. The zero-order chi connectivity index (χ0) is 12.8. The summed E-state index contributed by atoms with van der Waals surface area (Å²) in [5.74, 6) is 7.85. The minimum Gasteiger partial charge on any atom is -0.468 e. The summed E-state index contributed by atoms with van der Waals surface area (Å²) in [4.78, 5) is 1.18. The fourth-order valence-corrected chi connectivity index (χ4v) is 2.56. The fourth-order valence-electron chi connectivity index (χ4n) is 1.59. The van der Waals surface area contributed by atoms with E-state index in [2.05, 4.69) is 17.9 Å². The number of benzene rings is 1. The minimum absolute atomic E-state index is 0.391. The molecule has 0 aliphatic heterocycles. The van der Waals surface area contributed by atoms with Crippen molar-refractivity contribution in [3.63, 3.8) is 0 Å². The Bertz CT molecular complexity index is 577. The number of nitrogens with two attached hydrogens (primary N) is 1. The van der Waals surface area contributed by atoms with Crippen molar-refractivity contribution in [2.24, 2.45) is 5.73 Å². The third-order valence-electron chi connectivity index (χ3n) is 2.54. The second kappa shape index (κ2) is 6.34. The van der Waals surface area contributed by atoms with Gasteiger partial charge in [0.1, 0.15) is 5.76 Å². The molecule has 0 radical (unpaired) electrons. The van der Waals surface area contributed by atoms with E-state index in [1.54, 1.807) is 18.0 Å². The van der Waals surface area contributed by atoms with Gasteiger partial charge in [0, 0.05) is 16.2 Å². The Kier molecular flexibility index (Phi) is 4.52. The minimum atomic E-state index is 0.391. The van der Waals surface area contributed by atoms with Gasteiger partial charge in [0.15, 0.2) is 0 Å². The molecule has 2 N–H and O–H groups in total. The summed E-state index contributed by atoms with van der Waals surface area (Å²) >= 11 is 1.76. The Morgan fingerprint density at radius 1 is 1.28 bits per heavy atom. The first-order valence-corrected chi connectivity index (χ1v) is 6.73. The van der Waals surface area contributed by atoms with Crippen molar-refractivity contribution >= 4 is 11.8 Å². The van der Waals surface area contributed by atoms with Crippen LogP contribution in [-0.2, 0) is 5.75 Å². The number of hydrogen-bond donors (Lipinski definition) is 1. The molecular weight excluding hydrogens is 242 g/mol. The smallest absolute Gasteiger partial charge is 0.114 e. The van der Waals surface area contributed by atoms with Crippen molar-refractivity contribution in [2.45, 2.75) is 17.6 Å². The third-order valence-corrected chi connectivity index (χ3v) is 3.73. The molecule has 1 heterocycles. The molecule has 0 fully saturated rings. The van der Waals surface area contributed by atoms with Crippen LogP contribution in [0.25, 0.3) is 0 Å². The quantitative estimate of drug-likeness (QED) is 0.678. The molecule has 0 saturated heterocycles. The van der Waals surface area contributed by atoms with Gasteiger partial charge in [-0.1, -0.05) is 30.0 Å². The molecule has 0 spiro atoms. The van der Waals surface area contributed by atoms with Crippen LogP contribution < -0.4 is 5.73 Å². The van der Waals surface area contributed by atoms with Gasteiger partial charge in [-0.25, -0.2) is 0 Å². The lowest BCUT2D eigenvalue weighted by Gasteiger charge is -2.03. The SMILES string of the molecule is Cc1occc1SCc1ccccc1C#CCN. The zero-order valence-electron chi connectivity index (χ0n) is 10.3. The van der Waals surface area contributed by atoms with Crippen LogP contribution in [0.4, 0.5) is 0 Å². The summed E-state index contributed by atoms with van der Waals surface area (Å²) in [5.41, 5.74) is 7.68. The Balaban J connectivity index is 2.12. The summed E-state index contributed by atoms with van der Waals surface area (Å²) in [6.07, 6.45) is 1.72. The standard InChI is InChI=1S/C15H15NOS/c1-12-15(8-10-17-12)18-11-14-6-3-2-5-13(14)7-4-9-16/h2-3,5-6,8,10H,9,11,16H2,1H3. The molecule has 1 aromatic heterocycles. The molecule has 2 rings (SSSR count). The maximum atomic E-state index is 5.41. The number of thioether (sulfide) groups is 1. The molecule has 2 aromatic rings. The average molecular weight is 257 g/mol. The first-order valence-electron chi connectivity index (χ1n) is 5.75. The van der Waals surface area contributed by atoms with Gasteiger partial charge in [-0.15, -0.1) is 11.8 Å². The Labute approximate surface area is 112 Å². The second-order valence-corrected chi connectivity index (χ2v) is 4.81. The van der Waals surface area contributed by atoms with Crippen LogP contribution >= 0.6 is 11.8 Å². The number of hydrogen-bond acceptors (Lipinski definition) is 3. The van der Waals surface area contributed by atoms with Crippen molar-refractivity contribution in [2.75, 3.05) is 6.54 Å². The van der Waals surface area contributed by atoms with E-state index in [0.29, 0.717) is 6.54 Å². The molecule has 3 heteroatoms. The number of rotatable bonds is 3. The number of aryl methyl sites for hydroxylation is 1. The van der Waals surface area contributed by atoms with Crippen LogP contribution in [-0.4, -0.2) is 6.54 Å². The molecule has 1 aromatic carbocycles. The molecule has 0 amide bonds. The van der Waals surface area contributed by atoms with Gasteiger partial charge in [0.05, 0.1) is 12.8 Å². The molecule has 0 atom stereocenters. The molecule has 0 saturated carbocycles. The predicted octanol–water partition coefficient (Wildman–Crippen LogP) is 3.19. The van der Waals surface area contributed by atoms with Crippen LogP contribution in [0.1, 0.15) is 16.9 Å². The van der Waals surface area contributed by atoms with Gasteiger partial charge in [-0.3, -0.25) is 0 Å². The Morgan fingerprint density at radius 3 is 2.83 bits per heavy atom. The summed E-state index contributed by atoms with van der Waals surface area (Å²) < 4.78 is 5.28. The van der Waals surface area contributed by atoms with Crippen molar-refractivity contribution in [3.8, 4) is 11.8 Å². The van der Waals surface area contributed by atoms with E-state index in [1.165, 1.54) is 10.5 Å². The first-order chi connectivity index (χ1) is 8.81. The highest BCUT2D eigenvalue weighted by atomic mass is 32.2.